The number of alkyl halides is 1. The van der Waals surface area contributed by atoms with Gasteiger partial charge < -0.3 is 0 Å². The molecule has 5 unspecified atom stereocenters. The molecule has 2 fully saturated rings. The molecule has 0 radical (unpaired) electrons. The van der Waals surface area contributed by atoms with Gasteiger partial charge in [0, 0.05) is 4.83 Å². The summed E-state index contributed by atoms with van der Waals surface area (Å²) in [5, 5.41) is 0. The number of fused-ring (bicyclic) bond motifs is 2. The third kappa shape index (κ3) is 1.57. The highest BCUT2D eigenvalue weighted by atomic mass is 79.9. The second kappa shape index (κ2) is 3.32. The Bertz CT molecular complexity index is 162. The zero-order chi connectivity index (χ0) is 8.72. The molecule has 2 bridgehead atoms. The molecule has 0 N–H and O–H groups in total. The highest BCUT2D eigenvalue weighted by molar-refractivity contribution is 9.09. The molecule has 0 aromatic carbocycles. The first-order chi connectivity index (χ1) is 5.66. The molecule has 0 spiro atoms. The fourth-order valence-electron chi connectivity index (χ4n) is 3.38. The van der Waals surface area contributed by atoms with Crippen molar-refractivity contribution in [1.82, 2.24) is 0 Å². The summed E-state index contributed by atoms with van der Waals surface area (Å²) in [7, 11) is 0. The maximum atomic E-state index is 3.87. The summed E-state index contributed by atoms with van der Waals surface area (Å²) >= 11 is 3.87. The van der Waals surface area contributed by atoms with Gasteiger partial charge in [-0.05, 0) is 49.4 Å². The fourth-order valence-corrected chi connectivity index (χ4v) is 4.02. The summed E-state index contributed by atoms with van der Waals surface area (Å²) in [4.78, 5) is 0.816. The summed E-state index contributed by atoms with van der Waals surface area (Å²) in [6, 6.07) is 0. The first-order valence-electron chi connectivity index (χ1n) is 5.31. The minimum Gasteiger partial charge on any atom is -0.0885 e. The maximum absolute atomic E-state index is 3.87. The van der Waals surface area contributed by atoms with Gasteiger partial charge in [0.15, 0.2) is 0 Å². The third-order valence-corrected chi connectivity index (χ3v) is 5.43. The Balaban J connectivity index is 2.07. The molecule has 0 nitrogen and oxygen atoms in total. The summed E-state index contributed by atoms with van der Waals surface area (Å²) in [5.74, 6) is 3.95. The predicted molar refractivity (Wildman–Crippen MR) is 56.5 cm³/mol. The van der Waals surface area contributed by atoms with Crippen LogP contribution in [0, 0.1) is 23.7 Å². The van der Waals surface area contributed by atoms with Gasteiger partial charge in [0.1, 0.15) is 0 Å². The van der Waals surface area contributed by atoms with E-state index in [1.165, 1.54) is 25.7 Å². The molecular weight excluding hydrogens is 212 g/mol. The Morgan fingerprint density at radius 2 is 1.75 bits per heavy atom. The minimum atomic E-state index is 0.816. The zero-order valence-electron chi connectivity index (χ0n) is 8.09. The molecule has 0 amide bonds. The van der Waals surface area contributed by atoms with Gasteiger partial charge in [-0.25, -0.2) is 0 Å². The fraction of sp³-hybridized carbons (Fsp3) is 1.00. The first kappa shape index (κ1) is 9.05. The maximum Gasteiger partial charge on any atom is 0.0200 e. The highest BCUT2D eigenvalue weighted by Crippen LogP contribution is 2.47. The average Bonchev–Trinajstić information content (AvgIpc) is 1.99. The SMILES string of the molecule is CC1CC2CC(C)C(Br)C(C1)C2. The molecule has 0 heterocycles. The molecule has 5 atom stereocenters. The van der Waals surface area contributed by atoms with Gasteiger partial charge in [0.05, 0.1) is 0 Å². The Hall–Kier alpha value is 0.480. The molecule has 1 heteroatoms. The standard InChI is InChI=1S/C11H19Br/c1-7-3-9-5-8(2)11(12)10(4-7)6-9/h7-11H,3-6H2,1-2H3. The van der Waals surface area contributed by atoms with Crippen LogP contribution in [0.2, 0.25) is 0 Å². The van der Waals surface area contributed by atoms with Crippen molar-refractivity contribution in [2.75, 3.05) is 0 Å². The van der Waals surface area contributed by atoms with E-state index in [-0.39, 0.29) is 0 Å². The number of rotatable bonds is 0. The zero-order valence-corrected chi connectivity index (χ0v) is 9.68. The smallest absolute Gasteiger partial charge is 0.0200 e. The van der Waals surface area contributed by atoms with E-state index in [2.05, 4.69) is 29.8 Å². The first-order valence-corrected chi connectivity index (χ1v) is 6.22. The Labute approximate surface area is 84.2 Å². The number of hydrogen-bond donors (Lipinski definition) is 0. The quantitative estimate of drug-likeness (QED) is 0.555. The monoisotopic (exact) mass is 230 g/mol. The lowest BCUT2D eigenvalue weighted by Gasteiger charge is -2.44. The second-order valence-corrected chi connectivity index (χ2v) is 6.15. The summed E-state index contributed by atoms with van der Waals surface area (Å²) in [5.41, 5.74) is 0. The van der Waals surface area contributed by atoms with Crippen LogP contribution >= 0.6 is 15.9 Å². The van der Waals surface area contributed by atoms with Crippen molar-refractivity contribution in [2.24, 2.45) is 23.7 Å². The van der Waals surface area contributed by atoms with Gasteiger partial charge in [-0.2, -0.15) is 0 Å². The minimum absolute atomic E-state index is 0.816. The molecule has 2 aliphatic rings. The molecule has 2 rings (SSSR count). The Morgan fingerprint density at radius 3 is 2.50 bits per heavy atom. The normalized spacial score (nSPS) is 53.8. The van der Waals surface area contributed by atoms with Gasteiger partial charge in [-0.3, -0.25) is 0 Å². The van der Waals surface area contributed by atoms with Crippen molar-refractivity contribution in [3.05, 3.63) is 0 Å². The highest BCUT2D eigenvalue weighted by Gasteiger charge is 2.38. The van der Waals surface area contributed by atoms with Gasteiger partial charge in [0.2, 0.25) is 0 Å². The van der Waals surface area contributed by atoms with E-state index in [9.17, 15) is 0 Å². The summed E-state index contributed by atoms with van der Waals surface area (Å²) < 4.78 is 0. The molecule has 70 valence electrons. The van der Waals surface area contributed by atoms with Crippen LogP contribution in [0.4, 0.5) is 0 Å². The van der Waals surface area contributed by atoms with E-state index in [1.54, 1.807) is 0 Å². The van der Waals surface area contributed by atoms with Crippen LogP contribution in [0.3, 0.4) is 0 Å². The van der Waals surface area contributed by atoms with E-state index in [4.69, 9.17) is 0 Å². The molecule has 2 saturated carbocycles. The summed E-state index contributed by atoms with van der Waals surface area (Å²) in [6.07, 6.45) is 5.94. The molecule has 0 aliphatic heterocycles. The van der Waals surface area contributed by atoms with Gasteiger partial charge >= 0.3 is 0 Å². The van der Waals surface area contributed by atoms with Crippen molar-refractivity contribution in [3.63, 3.8) is 0 Å². The molecule has 12 heavy (non-hydrogen) atoms. The van der Waals surface area contributed by atoms with Crippen molar-refractivity contribution >= 4 is 15.9 Å². The van der Waals surface area contributed by atoms with Crippen LogP contribution in [-0.2, 0) is 0 Å². The van der Waals surface area contributed by atoms with Gasteiger partial charge in [-0.1, -0.05) is 29.8 Å². The van der Waals surface area contributed by atoms with Crippen molar-refractivity contribution in [3.8, 4) is 0 Å². The van der Waals surface area contributed by atoms with E-state index in [1.807, 2.05) is 0 Å². The van der Waals surface area contributed by atoms with E-state index < -0.39 is 0 Å². The lowest BCUT2D eigenvalue weighted by atomic mass is 9.65. The van der Waals surface area contributed by atoms with E-state index >= 15 is 0 Å². The van der Waals surface area contributed by atoms with Crippen LogP contribution < -0.4 is 0 Å². The van der Waals surface area contributed by atoms with Crippen LogP contribution in [0.15, 0.2) is 0 Å². The van der Waals surface area contributed by atoms with Crippen molar-refractivity contribution in [2.45, 2.75) is 44.4 Å². The average molecular weight is 231 g/mol. The Kier molecular flexibility index (Phi) is 2.51. The molecule has 2 aliphatic carbocycles. The van der Waals surface area contributed by atoms with Crippen LogP contribution in [0.5, 0.6) is 0 Å². The molecule has 0 aromatic heterocycles. The van der Waals surface area contributed by atoms with E-state index in [0.29, 0.717) is 0 Å². The Morgan fingerprint density at radius 1 is 1.00 bits per heavy atom. The largest absolute Gasteiger partial charge is 0.0885 e. The topological polar surface area (TPSA) is 0 Å². The lowest BCUT2D eigenvalue weighted by molar-refractivity contribution is 0.120. The summed E-state index contributed by atoms with van der Waals surface area (Å²) in [6.45, 7) is 4.84. The van der Waals surface area contributed by atoms with Crippen molar-refractivity contribution < 1.29 is 0 Å². The van der Waals surface area contributed by atoms with Crippen LogP contribution in [-0.4, -0.2) is 4.83 Å². The van der Waals surface area contributed by atoms with Crippen LogP contribution in [0.1, 0.15) is 39.5 Å². The van der Waals surface area contributed by atoms with Gasteiger partial charge in [-0.15, -0.1) is 0 Å². The third-order valence-electron chi connectivity index (χ3n) is 3.78. The van der Waals surface area contributed by atoms with Crippen LogP contribution in [0.25, 0.3) is 0 Å². The van der Waals surface area contributed by atoms with E-state index in [0.717, 1.165) is 28.5 Å². The number of halogens is 1. The molecule has 0 saturated heterocycles. The predicted octanol–water partition coefficient (Wildman–Crippen LogP) is 3.84. The lowest BCUT2D eigenvalue weighted by Crippen LogP contribution is -2.37. The van der Waals surface area contributed by atoms with Gasteiger partial charge in [0.25, 0.3) is 0 Å². The molecule has 0 aromatic rings. The molecular formula is C11H19Br. The second-order valence-electron chi connectivity index (χ2n) is 5.10. The van der Waals surface area contributed by atoms with Crippen molar-refractivity contribution in [1.29, 1.82) is 0 Å². The number of hydrogen-bond acceptors (Lipinski definition) is 0.